The van der Waals surface area contributed by atoms with Crippen LogP contribution in [0.25, 0.3) is 22.0 Å². The van der Waals surface area contributed by atoms with Gasteiger partial charge in [0.1, 0.15) is 17.0 Å². The standard InChI is InChI=1S/C25H25N5O4/c1-3-4-10-15-30-25(33)19-14-9-8-13-18(19)22(28-30)24(32)27-26-23(31)20-16(2)34-29-21(20)17-11-6-5-7-12-17/h5-9,11-14H,3-4,10,15H2,1-2H3,(H,26,31)(H,27,32). The Bertz CT molecular complexity index is 1390. The maximum absolute atomic E-state index is 13.0. The van der Waals surface area contributed by atoms with E-state index in [1.807, 2.05) is 30.3 Å². The number of hydrazine groups is 1. The molecule has 0 bridgehead atoms. The molecule has 0 radical (unpaired) electrons. The van der Waals surface area contributed by atoms with Gasteiger partial charge in [-0.15, -0.1) is 0 Å². The van der Waals surface area contributed by atoms with E-state index in [1.165, 1.54) is 4.68 Å². The fourth-order valence-corrected chi connectivity index (χ4v) is 3.73. The molecule has 9 heteroatoms. The first-order chi connectivity index (χ1) is 16.5. The molecule has 0 aliphatic heterocycles. The fraction of sp³-hybridized carbons (Fsp3) is 0.240. The largest absolute Gasteiger partial charge is 0.360 e. The van der Waals surface area contributed by atoms with E-state index in [0.717, 1.165) is 19.3 Å². The number of aromatic nitrogens is 3. The van der Waals surface area contributed by atoms with Gasteiger partial charge in [0.25, 0.3) is 17.4 Å². The summed E-state index contributed by atoms with van der Waals surface area (Å²) in [5.41, 5.74) is 5.94. The predicted octanol–water partition coefficient (Wildman–Crippen LogP) is 3.62. The zero-order valence-electron chi connectivity index (χ0n) is 19.0. The Kier molecular flexibility index (Phi) is 6.82. The van der Waals surface area contributed by atoms with Crippen LogP contribution < -0.4 is 16.4 Å². The molecule has 0 spiro atoms. The second-order valence-corrected chi connectivity index (χ2v) is 7.87. The molecule has 2 aromatic heterocycles. The first kappa shape index (κ1) is 22.9. The summed E-state index contributed by atoms with van der Waals surface area (Å²) in [6.45, 7) is 4.10. The predicted molar refractivity (Wildman–Crippen MR) is 127 cm³/mol. The highest BCUT2D eigenvalue weighted by molar-refractivity contribution is 6.07. The maximum Gasteiger partial charge on any atom is 0.290 e. The highest BCUT2D eigenvalue weighted by Gasteiger charge is 2.23. The quantitative estimate of drug-likeness (QED) is 0.322. The Labute approximate surface area is 195 Å². The number of unbranched alkanes of at least 4 members (excludes halogenated alkanes) is 2. The van der Waals surface area contributed by atoms with Gasteiger partial charge in [-0.1, -0.05) is 73.5 Å². The van der Waals surface area contributed by atoms with Crippen molar-refractivity contribution in [1.29, 1.82) is 0 Å². The lowest BCUT2D eigenvalue weighted by molar-refractivity contribution is 0.0843. The van der Waals surface area contributed by atoms with Gasteiger partial charge < -0.3 is 4.52 Å². The Hall–Kier alpha value is -4.27. The summed E-state index contributed by atoms with van der Waals surface area (Å²) >= 11 is 0. The van der Waals surface area contributed by atoms with Crippen molar-refractivity contribution < 1.29 is 14.1 Å². The lowest BCUT2D eigenvalue weighted by Crippen LogP contribution is -2.43. The van der Waals surface area contributed by atoms with Gasteiger partial charge in [-0.2, -0.15) is 5.10 Å². The van der Waals surface area contributed by atoms with Crippen LogP contribution in [0.3, 0.4) is 0 Å². The number of aryl methyl sites for hydroxylation is 2. The summed E-state index contributed by atoms with van der Waals surface area (Å²) in [5.74, 6) is -0.894. The average molecular weight is 460 g/mol. The second kappa shape index (κ2) is 10.1. The van der Waals surface area contributed by atoms with Gasteiger partial charge in [-0.3, -0.25) is 25.2 Å². The van der Waals surface area contributed by atoms with Gasteiger partial charge in [0.15, 0.2) is 5.69 Å². The monoisotopic (exact) mass is 459 g/mol. The molecule has 2 aromatic carbocycles. The lowest BCUT2D eigenvalue weighted by Gasteiger charge is -2.12. The molecule has 0 atom stereocenters. The number of nitrogens with zero attached hydrogens (tertiary/aromatic N) is 3. The van der Waals surface area contributed by atoms with Gasteiger partial charge in [0, 0.05) is 17.5 Å². The first-order valence-electron chi connectivity index (χ1n) is 11.1. The van der Waals surface area contributed by atoms with Crippen molar-refractivity contribution >= 4 is 22.6 Å². The van der Waals surface area contributed by atoms with E-state index in [1.54, 1.807) is 31.2 Å². The number of hydrogen-bond donors (Lipinski definition) is 2. The minimum Gasteiger partial charge on any atom is -0.360 e. The highest BCUT2D eigenvalue weighted by atomic mass is 16.5. The van der Waals surface area contributed by atoms with Crippen LogP contribution in [0.4, 0.5) is 0 Å². The van der Waals surface area contributed by atoms with Crippen molar-refractivity contribution in [3.8, 4) is 11.3 Å². The summed E-state index contributed by atoms with van der Waals surface area (Å²) in [5, 5.41) is 9.11. The molecule has 0 saturated heterocycles. The Morgan fingerprint density at radius 2 is 1.62 bits per heavy atom. The average Bonchev–Trinajstić information content (AvgIpc) is 3.26. The molecule has 0 aliphatic rings. The molecule has 0 aliphatic carbocycles. The number of fused-ring (bicyclic) bond motifs is 1. The van der Waals surface area contributed by atoms with E-state index in [0.29, 0.717) is 34.3 Å². The van der Waals surface area contributed by atoms with Crippen LogP contribution in [0.1, 0.15) is 52.8 Å². The molecule has 0 saturated carbocycles. The van der Waals surface area contributed by atoms with Crippen LogP contribution in [-0.4, -0.2) is 26.8 Å². The van der Waals surface area contributed by atoms with Crippen molar-refractivity contribution in [3.05, 3.63) is 82.0 Å². The van der Waals surface area contributed by atoms with Crippen molar-refractivity contribution in [3.63, 3.8) is 0 Å². The van der Waals surface area contributed by atoms with Crippen LogP contribution in [0.15, 0.2) is 63.9 Å². The topological polar surface area (TPSA) is 119 Å². The molecule has 9 nitrogen and oxygen atoms in total. The fourth-order valence-electron chi connectivity index (χ4n) is 3.73. The van der Waals surface area contributed by atoms with E-state index in [-0.39, 0.29) is 16.8 Å². The first-order valence-corrected chi connectivity index (χ1v) is 11.1. The molecule has 0 fully saturated rings. The summed E-state index contributed by atoms with van der Waals surface area (Å²) in [6.07, 6.45) is 2.71. The summed E-state index contributed by atoms with van der Waals surface area (Å²) in [6, 6.07) is 15.9. The Morgan fingerprint density at radius 1 is 0.941 bits per heavy atom. The molecule has 0 unspecified atom stereocenters. The Morgan fingerprint density at radius 3 is 2.35 bits per heavy atom. The van der Waals surface area contributed by atoms with Crippen LogP contribution in [0, 0.1) is 6.92 Å². The number of nitrogens with one attached hydrogen (secondary N) is 2. The minimum absolute atomic E-state index is 0.0531. The third-order valence-electron chi connectivity index (χ3n) is 5.48. The Balaban J connectivity index is 1.59. The van der Waals surface area contributed by atoms with Crippen molar-refractivity contribution in [1.82, 2.24) is 25.8 Å². The van der Waals surface area contributed by atoms with Gasteiger partial charge in [0.05, 0.1) is 5.39 Å². The molecule has 2 heterocycles. The summed E-state index contributed by atoms with van der Waals surface area (Å²) < 4.78 is 6.53. The molecule has 34 heavy (non-hydrogen) atoms. The number of hydrogen-bond acceptors (Lipinski definition) is 6. The van der Waals surface area contributed by atoms with Crippen molar-refractivity contribution in [2.24, 2.45) is 0 Å². The van der Waals surface area contributed by atoms with Crippen molar-refractivity contribution in [2.75, 3.05) is 0 Å². The van der Waals surface area contributed by atoms with Gasteiger partial charge in [-0.25, -0.2) is 4.68 Å². The SMILES string of the molecule is CCCCCn1nc(C(=O)NNC(=O)c2c(-c3ccccc3)noc2C)c2ccccc2c1=O. The molecule has 4 rings (SSSR count). The number of carbonyl (C=O) groups excluding carboxylic acids is 2. The van der Waals surface area contributed by atoms with Crippen LogP contribution in [0.5, 0.6) is 0 Å². The third-order valence-corrected chi connectivity index (χ3v) is 5.48. The normalized spacial score (nSPS) is 10.9. The molecular formula is C25H25N5O4. The molecule has 4 aromatic rings. The molecular weight excluding hydrogens is 434 g/mol. The zero-order chi connectivity index (χ0) is 24.1. The van der Waals surface area contributed by atoms with Crippen LogP contribution in [0.2, 0.25) is 0 Å². The van der Waals surface area contributed by atoms with E-state index in [2.05, 4.69) is 28.0 Å². The molecule has 2 N–H and O–H groups in total. The number of amides is 2. The maximum atomic E-state index is 13.0. The van der Waals surface area contributed by atoms with Crippen LogP contribution >= 0.6 is 0 Å². The molecule has 2 amide bonds. The van der Waals surface area contributed by atoms with E-state index < -0.39 is 11.8 Å². The third kappa shape index (κ3) is 4.59. The van der Waals surface area contributed by atoms with E-state index in [9.17, 15) is 14.4 Å². The van der Waals surface area contributed by atoms with Crippen molar-refractivity contribution in [2.45, 2.75) is 39.7 Å². The van der Waals surface area contributed by atoms with Gasteiger partial charge in [-0.05, 0) is 19.4 Å². The summed E-state index contributed by atoms with van der Waals surface area (Å²) in [4.78, 5) is 38.7. The van der Waals surface area contributed by atoms with E-state index >= 15 is 0 Å². The second-order valence-electron chi connectivity index (χ2n) is 7.87. The number of carbonyl (C=O) groups is 2. The summed E-state index contributed by atoms with van der Waals surface area (Å²) in [7, 11) is 0. The smallest absolute Gasteiger partial charge is 0.290 e. The minimum atomic E-state index is -0.635. The lowest BCUT2D eigenvalue weighted by atomic mass is 10.1. The molecule has 174 valence electrons. The van der Waals surface area contributed by atoms with Gasteiger partial charge in [0.2, 0.25) is 0 Å². The highest BCUT2D eigenvalue weighted by Crippen LogP contribution is 2.24. The number of benzene rings is 2. The number of rotatable bonds is 7. The zero-order valence-corrected chi connectivity index (χ0v) is 19.0. The van der Waals surface area contributed by atoms with E-state index in [4.69, 9.17) is 4.52 Å². The van der Waals surface area contributed by atoms with Gasteiger partial charge >= 0.3 is 0 Å². The van der Waals surface area contributed by atoms with Crippen LogP contribution in [-0.2, 0) is 6.54 Å².